The van der Waals surface area contributed by atoms with Crippen LogP contribution in [0.4, 0.5) is 5.69 Å². The van der Waals surface area contributed by atoms with Crippen LogP contribution in [0.25, 0.3) is 0 Å². The Bertz CT molecular complexity index is 958. The Morgan fingerprint density at radius 3 is 2.75 bits per heavy atom. The summed E-state index contributed by atoms with van der Waals surface area (Å²) in [5.41, 5.74) is 2.76. The summed E-state index contributed by atoms with van der Waals surface area (Å²) in [4.78, 5) is 16.4. The van der Waals surface area contributed by atoms with Crippen LogP contribution in [0.3, 0.4) is 0 Å². The molecule has 1 aromatic heterocycles. The van der Waals surface area contributed by atoms with Gasteiger partial charge in [-0.15, -0.1) is 5.10 Å². The second-order valence-electron chi connectivity index (χ2n) is 6.57. The molecule has 0 bridgehead atoms. The van der Waals surface area contributed by atoms with E-state index in [1.165, 1.54) is 11.5 Å². The number of benzene rings is 1. The average Bonchev–Trinajstić information content (AvgIpc) is 3.21. The molecule has 1 atom stereocenters. The molecule has 0 spiro atoms. The Morgan fingerprint density at radius 2 is 2.07 bits per heavy atom. The van der Waals surface area contributed by atoms with E-state index in [0.717, 1.165) is 11.4 Å². The van der Waals surface area contributed by atoms with E-state index >= 15 is 0 Å². The Labute approximate surface area is 171 Å². The van der Waals surface area contributed by atoms with Gasteiger partial charge >= 0.3 is 0 Å². The van der Waals surface area contributed by atoms with Gasteiger partial charge in [0.1, 0.15) is 24.9 Å². The van der Waals surface area contributed by atoms with E-state index in [0.29, 0.717) is 41.1 Å². The highest BCUT2D eigenvalue weighted by Gasteiger charge is 2.36. The van der Waals surface area contributed by atoms with Gasteiger partial charge in [0.2, 0.25) is 0 Å². The van der Waals surface area contributed by atoms with E-state index in [1.54, 1.807) is 19.0 Å². The number of likely N-dealkylation sites (N-methyl/N-ethyl adjacent to an activating group) is 1. The molecule has 3 heterocycles. The second kappa shape index (κ2) is 7.36. The minimum atomic E-state index is -0.449. The van der Waals surface area contributed by atoms with Crippen LogP contribution in [-0.4, -0.2) is 52.8 Å². The average molecular weight is 418 g/mol. The fraction of sp³-hybridized carbons (Fsp3) is 0.333. The molecule has 1 aromatic carbocycles. The highest BCUT2D eigenvalue weighted by molar-refractivity contribution is 7.80. The summed E-state index contributed by atoms with van der Waals surface area (Å²) in [7, 11) is 3.45. The van der Waals surface area contributed by atoms with Gasteiger partial charge in [0.05, 0.1) is 11.3 Å². The number of fused-ring (bicyclic) bond motifs is 1. The molecule has 8 nitrogen and oxygen atoms in total. The number of ether oxygens (including phenoxy) is 2. The maximum Gasteiger partial charge on any atom is 0.253 e. The van der Waals surface area contributed by atoms with Gasteiger partial charge in [-0.05, 0) is 42.8 Å². The zero-order chi connectivity index (χ0) is 19.8. The summed E-state index contributed by atoms with van der Waals surface area (Å²) in [5.74, 6) is 1.24. The predicted molar refractivity (Wildman–Crippen MR) is 110 cm³/mol. The van der Waals surface area contributed by atoms with Crippen LogP contribution < -0.4 is 19.7 Å². The van der Waals surface area contributed by atoms with Gasteiger partial charge in [0.15, 0.2) is 16.6 Å². The predicted octanol–water partition coefficient (Wildman–Crippen LogP) is 2.11. The van der Waals surface area contributed by atoms with Gasteiger partial charge in [-0.2, -0.15) is 0 Å². The Morgan fingerprint density at radius 1 is 1.32 bits per heavy atom. The summed E-state index contributed by atoms with van der Waals surface area (Å²) >= 11 is 6.87. The number of nitrogens with zero attached hydrogens (tertiary/aromatic N) is 4. The topological polar surface area (TPSA) is 79.8 Å². The van der Waals surface area contributed by atoms with Gasteiger partial charge in [-0.1, -0.05) is 4.49 Å². The molecule has 2 aliphatic rings. The SMILES string of the molecule is CC1=C(C(=O)N(C)C)C(c2csnn2)NC(=S)N1c1ccc2c(c1)OCCO2. The maximum atomic E-state index is 13.0. The van der Waals surface area contributed by atoms with Crippen molar-refractivity contribution in [2.45, 2.75) is 13.0 Å². The minimum Gasteiger partial charge on any atom is -0.486 e. The summed E-state index contributed by atoms with van der Waals surface area (Å²) < 4.78 is 15.2. The number of amides is 1. The van der Waals surface area contributed by atoms with Gasteiger partial charge in [0, 0.05) is 31.2 Å². The first-order valence-electron chi connectivity index (χ1n) is 8.67. The fourth-order valence-corrected chi connectivity index (χ4v) is 4.10. The molecule has 2 aliphatic heterocycles. The van der Waals surface area contributed by atoms with Crippen LogP contribution in [0.1, 0.15) is 18.7 Å². The molecule has 146 valence electrons. The van der Waals surface area contributed by atoms with Crippen molar-refractivity contribution in [3.8, 4) is 11.5 Å². The summed E-state index contributed by atoms with van der Waals surface area (Å²) in [6.45, 7) is 2.91. The van der Waals surface area contributed by atoms with Crippen molar-refractivity contribution < 1.29 is 14.3 Å². The molecule has 0 aliphatic carbocycles. The number of nitrogens with one attached hydrogen (secondary N) is 1. The molecule has 0 fully saturated rings. The molecule has 1 unspecified atom stereocenters. The highest BCUT2D eigenvalue weighted by Crippen LogP contribution is 2.38. The van der Waals surface area contributed by atoms with E-state index in [1.807, 2.05) is 35.4 Å². The van der Waals surface area contributed by atoms with Gasteiger partial charge < -0.3 is 19.7 Å². The number of carbonyl (C=O) groups excluding carboxylic acids is 1. The smallest absolute Gasteiger partial charge is 0.253 e. The monoisotopic (exact) mass is 417 g/mol. The first kappa shape index (κ1) is 18.6. The molecule has 2 aromatic rings. The highest BCUT2D eigenvalue weighted by atomic mass is 32.1. The lowest BCUT2D eigenvalue weighted by atomic mass is 9.98. The molecule has 0 radical (unpaired) electrons. The molecule has 4 rings (SSSR count). The number of hydrogen-bond donors (Lipinski definition) is 1. The number of hydrogen-bond acceptors (Lipinski definition) is 7. The van der Waals surface area contributed by atoms with Crippen molar-refractivity contribution in [1.29, 1.82) is 0 Å². The number of rotatable bonds is 3. The van der Waals surface area contributed by atoms with Crippen molar-refractivity contribution >= 4 is 40.5 Å². The number of anilines is 1. The minimum absolute atomic E-state index is 0.118. The van der Waals surface area contributed by atoms with Gasteiger partial charge in [0.25, 0.3) is 5.91 Å². The Kier molecular flexibility index (Phi) is 4.90. The zero-order valence-corrected chi connectivity index (χ0v) is 17.3. The number of aromatic nitrogens is 2. The lowest BCUT2D eigenvalue weighted by molar-refractivity contribution is -0.125. The second-order valence-corrected chi connectivity index (χ2v) is 7.57. The van der Waals surface area contributed by atoms with Crippen LogP contribution in [0.2, 0.25) is 0 Å². The van der Waals surface area contributed by atoms with Crippen LogP contribution in [0.5, 0.6) is 11.5 Å². The van der Waals surface area contributed by atoms with E-state index < -0.39 is 6.04 Å². The summed E-state index contributed by atoms with van der Waals surface area (Å²) in [6.07, 6.45) is 0. The molecule has 0 saturated carbocycles. The van der Waals surface area contributed by atoms with Crippen molar-refractivity contribution in [3.63, 3.8) is 0 Å². The number of allylic oxidation sites excluding steroid dienone is 1. The van der Waals surface area contributed by atoms with E-state index in [4.69, 9.17) is 21.7 Å². The standard InChI is InChI=1S/C18H19N5O3S2/c1-10-15(17(24)22(2)3)16(12-9-28-21-20-12)19-18(27)23(10)11-4-5-13-14(8-11)26-7-6-25-13/h4-5,8-9,16H,6-7H2,1-3H3,(H,19,27). The van der Waals surface area contributed by atoms with Crippen LogP contribution >= 0.6 is 23.8 Å². The maximum absolute atomic E-state index is 13.0. The molecule has 10 heteroatoms. The molecule has 1 N–H and O–H groups in total. The lowest BCUT2D eigenvalue weighted by Crippen LogP contribution is -2.49. The van der Waals surface area contributed by atoms with E-state index in [-0.39, 0.29) is 5.91 Å². The van der Waals surface area contributed by atoms with Crippen molar-refractivity contribution in [2.75, 3.05) is 32.2 Å². The van der Waals surface area contributed by atoms with Gasteiger partial charge in [-0.25, -0.2) is 0 Å². The fourth-order valence-electron chi connectivity index (χ4n) is 3.26. The Hall–Kier alpha value is -2.72. The third-order valence-electron chi connectivity index (χ3n) is 4.58. The number of thiocarbonyl (C=S) groups is 1. The molecule has 28 heavy (non-hydrogen) atoms. The van der Waals surface area contributed by atoms with Crippen LogP contribution in [0, 0.1) is 0 Å². The summed E-state index contributed by atoms with van der Waals surface area (Å²) in [5, 5.41) is 9.68. The van der Waals surface area contributed by atoms with Crippen molar-refractivity contribution in [2.24, 2.45) is 0 Å². The quantitative estimate of drug-likeness (QED) is 0.761. The van der Waals surface area contributed by atoms with E-state index in [9.17, 15) is 4.79 Å². The third kappa shape index (κ3) is 3.18. The van der Waals surface area contributed by atoms with Crippen molar-refractivity contribution in [1.82, 2.24) is 19.8 Å². The number of carbonyl (C=O) groups is 1. The molecular formula is C18H19N5O3S2. The first-order valence-corrected chi connectivity index (χ1v) is 9.91. The molecule has 1 amide bonds. The zero-order valence-electron chi connectivity index (χ0n) is 15.6. The normalized spacial score (nSPS) is 18.8. The third-order valence-corrected chi connectivity index (χ3v) is 5.40. The Balaban J connectivity index is 1.81. The van der Waals surface area contributed by atoms with Crippen LogP contribution in [-0.2, 0) is 4.79 Å². The van der Waals surface area contributed by atoms with Crippen LogP contribution in [0.15, 0.2) is 34.8 Å². The van der Waals surface area contributed by atoms with Gasteiger partial charge in [-0.3, -0.25) is 9.69 Å². The summed E-state index contributed by atoms with van der Waals surface area (Å²) in [6, 6.07) is 5.17. The molecular weight excluding hydrogens is 398 g/mol. The molecule has 0 saturated heterocycles. The van der Waals surface area contributed by atoms with E-state index in [2.05, 4.69) is 14.9 Å². The van der Waals surface area contributed by atoms with Crippen molar-refractivity contribution in [3.05, 3.63) is 40.5 Å². The lowest BCUT2D eigenvalue weighted by Gasteiger charge is -2.38. The largest absolute Gasteiger partial charge is 0.486 e. The first-order chi connectivity index (χ1) is 13.5.